The van der Waals surface area contributed by atoms with Crippen LogP contribution in [0.5, 0.6) is 0 Å². The summed E-state index contributed by atoms with van der Waals surface area (Å²) >= 11 is 6.00. The maximum absolute atomic E-state index is 6.00. The molecule has 0 unspecified atom stereocenters. The number of oxazole rings is 1. The molecule has 0 saturated heterocycles. The first-order chi connectivity index (χ1) is 8.56. The zero-order chi connectivity index (χ0) is 13.1. The predicted octanol–water partition coefficient (Wildman–Crippen LogP) is 3.80. The van der Waals surface area contributed by atoms with Gasteiger partial charge in [-0.1, -0.05) is 31.5 Å². The van der Waals surface area contributed by atoms with Gasteiger partial charge in [0.1, 0.15) is 0 Å². The Hall–Kier alpha value is -1.32. The average molecular weight is 265 g/mol. The van der Waals surface area contributed by atoms with Gasteiger partial charge in [0.2, 0.25) is 5.89 Å². The topological polar surface area (TPSA) is 38.1 Å². The maximum Gasteiger partial charge on any atom is 0.208 e. The fourth-order valence-electron chi connectivity index (χ4n) is 1.67. The molecule has 0 amide bonds. The highest BCUT2D eigenvalue weighted by molar-refractivity contribution is 6.30. The van der Waals surface area contributed by atoms with Crippen molar-refractivity contribution in [3.8, 4) is 11.3 Å². The van der Waals surface area contributed by atoms with E-state index < -0.39 is 0 Å². The Kier molecular flexibility index (Phi) is 4.04. The molecule has 18 heavy (non-hydrogen) atoms. The summed E-state index contributed by atoms with van der Waals surface area (Å²) in [5, 5.41) is 3.97. The van der Waals surface area contributed by atoms with Crippen molar-refractivity contribution in [1.82, 2.24) is 10.3 Å². The van der Waals surface area contributed by atoms with Crippen molar-refractivity contribution in [2.24, 2.45) is 0 Å². The van der Waals surface area contributed by atoms with Gasteiger partial charge in [-0.3, -0.25) is 0 Å². The number of aromatic nitrogens is 1. The molecule has 1 heterocycles. The third-order valence-corrected chi connectivity index (χ3v) is 2.92. The lowest BCUT2D eigenvalue weighted by Gasteiger charge is -2.05. The number of halogens is 1. The van der Waals surface area contributed by atoms with Gasteiger partial charge in [0.15, 0.2) is 5.76 Å². The van der Waals surface area contributed by atoms with Gasteiger partial charge in [-0.15, -0.1) is 0 Å². The summed E-state index contributed by atoms with van der Waals surface area (Å²) in [6, 6.07) is 6.16. The Morgan fingerprint density at radius 3 is 2.89 bits per heavy atom. The molecule has 0 aliphatic heterocycles. The smallest absolute Gasteiger partial charge is 0.208 e. The van der Waals surface area contributed by atoms with Crippen LogP contribution in [0.3, 0.4) is 0 Å². The first-order valence-corrected chi connectivity index (χ1v) is 6.38. The summed E-state index contributed by atoms with van der Waals surface area (Å²) in [7, 11) is 0. The van der Waals surface area contributed by atoms with Crippen LogP contribution in [0.2, 0.25) is 5.02 Å². The summed E-state index contributed by atoms with van der Waals surface area (Å²) in [6.45, 7) is 6.84. The minimum atomic E-state index is 0.410. The first-order valence-electron chi connectivity index (χ1n) is 6.01. The van der Waals surface area contributed by atoms with Gasteiger partial charge >= 0.3 is 0 Å². The standard InChI is InChI=1S/C14H17ClN2O/c1-9(2)16-8-14-17-7-13(18-14)12-6-11(15)5-4-10(12)3/h4-7,9,16H,8H2,1-3H3. The van der Waals surface area contributed by atoms with E-state index in [0.29, 0.717) is 23.5 Å². The van der Waals surface area contributed by atoms with E-state index in [-0.39, 0.29) is 0 Å². The monoisotopic (exact) mass is 264 g/mol. The predicted molar refractivity (Wildman–Crippen MR) is 73.7 cm³/mol. The zero-order valence-corrected chi connectivity index (χ0v) is 11.6. The van der Waals surface area contributed by atoms with Gasteiger partial charge < -0.3 is 9.73 Å². The summed E-state index contributed by atoms with van der Waals surface area (Å²) < 4.78 is 5.72. The van der Waals surface area contributed by atoms with Crippen LogP contribution in [0, 0.1) is 6.92 Å². The molecule has 3 nitrogen and oxygen atoms in total. The van der Waals surface area contributed by atoms with Crippen LogP contribution in [0.25, 0.3) is 11.3 Å². The second-order valence-electron chi connectivity index (χ2n) is 4.61. The molecule has 1 aromatic heterocycles. The number of benzene rings is 1. The van der Waals surface area contributed by atoms with E-state index in [4.69, 9.17) is 16.0 Å². The first kappa shape index (κ1) is 13.1. The molecule has 0 bridgehead atoms. The molecule has 0 fully saturated rings. The summed E-state index contributed by atoms with van der Waals surface area (Å²) in [5.74, 6) is 1.45. The van der Waals surface area contributed by atoms with E-state index in [0.717, 1.165) is 16.9 Å². The second-order valence-corrected chi connectivity index (χ2v) is 5.05. The lowest BCUT2D eigenvalue weighted by Crippen LogP contribution is -2.21. The van der Waals surface area contributed by atoms with Crippen molar-refractivity contribution in [2.75, 3.05) is 0 Å². The Balaban J connectivity index is 2.21. The van der Waals surface area contributed by atoms with Crippen LogP contribution in [0.4, 0.5) is 0 Å². The molecule has 96 valence electrons. The Morgan fingerprint density at radius 2 is 2.17 bits per heavy atom. The fourth-order valence-corrected chi connectivity index (χ4v) is 1.84. The number of rotatable bonds is 4. The van der Waals surface area contributed by atoms with Crippen LogP contribution >= 0.6 is 11.6 Å². The molecule has 4 heteroatoms. The molecule has 1 N–H and O–H groups in total. The zero-order valence-electron chi connectivity index (χ0n) is 10.8. The summed E-state index contributed by atoms with van der Waals surface area (Å²) in [5.41, 5.74) is 2.12. The van der Waals surface area contributed by atoms with Gasteiger partial charge in [0, 0.05) is 16.6 Å². The van der Waals surface area contributed by atoms with E-state index in [9.17, 15) is 0 Å². The summed E-state index contributed by atoms with van der Waals surface area (Å²) in [6.07, 6.45) is 1.75. The lowest BCUT2D eigenvalue weighted by molar-refractivity contribution is 0.459. The third kappa shape index (κ3) is 3.12. The summed E-state index contributed by atoms with van der Waals surface area (Å²) in [4.78, 5) is 4.26. The van der Waals surface area contributed by atoms with E-state index >= 15 is 0 Å². The molecule has 1 aromatic carbocycles. The highest BCUT2D eigenvalue weighted by Gasteiger charge is 2.09. The van der Waals surface area contributed by atoms with Crippen LogP contribution in [0.1, 0.15) is 25.3 Å². The van der Waals surface area contributed by atoms with E-state index in [2.05, 4.69) is 24.1 Å². The Bertz CT molecular complexity index is 534. The molecular formula is C14H17ClN2O. The quantitative estimate of drug-likeness (QED) is 0.913. The minimum Gasteiger partial charge on any atom is -0.439 e. The molecule has 0 spiro atoms. The largest absolute Gasteiger partial charge is 0.439 e. The van der Waals surface area contributed by atoms with Crippen molar-refractivity contribution in [1.29, 1.82) is 0 Å². The van der Waals surface area contributed by atoms with Crippen LogP contribution in [0.15, 0.2) is 28.8 Å². The highest BCUT2D eigenvalue weighted by atomic mass is 35.5. The van der Waals surface area contributed by atoms with Gasteiger partial charge in [-0.2, -0.15) is 0 Å². The molecule has 0 saturated carbocycles. The number of hydrogen-bond acceptors (Lipinski definition) is 3. The fraction of sp³-hybridized carbons (Fsp3) is 0.357. The van der Waals surface area contributed by atoms with Crippen LogP contribution in [-0.2, 0) is 6.54 Å². The Morgan fingerprint density at radius 1 is 1.39 bits per heavy atom. The maximum atomic E-state index is 6.00. The molecule has 0 atom stereocenters. The normalized spacial score (nSPS) is 11.2. The molecule has 0 aliphatic carbocycles. The highest BCUT2D eigenvalue weighted by Crippen LogP contribution is 2.27. The molecule has 0 radical (unpaired) electrons. The second kappa shape index (κ2) is 5.55. The molecule has 0 aliphatic rings. The van der Waals surface area contributed by atoms with Crippen molar-refractivity contribution >= 4 is 11.6 Å². The number of aryl methyl sites for hydroxylation is 1. The van der Waals surface area contributed by atoms with Crippen molar-refractivity contribution < 1.29 is 4.42 Å². The van der Waals surface area contributed by atoms with Crippen LogP contribution < -0.4 is 5.32 Å². The van der Waals surface area contributed by atoms with Crippen LogP contribution in [-0.4, -0.2) is 11.0 Å². The molecule has 2 aromatic rings. The SMILES string of the molecule is Cc1ccc(Cl)cc1-c1cnc(CNC(C)C)o1. The van der Waals surface area contributed by atoms with Crippen molar-refractivity contribution in [3.05, 3.63) is 40.9 Å². The molecular weight excluding hydrogens is 248 g/mol. The molecule has 2 rings (SSSR count). The van der Waals surface area contributed by atoms with Crippen molar-refractivity contribution in [2.45, 2.75) is 33.4 Å². The van der Waals surface area contributed by atoms with E-state index in [1.165, 1.54) is 0 Å². The number of hydrogen-bond donors (Lipinski definition) is 1. The minimum absolute atomic E-state index is 0.410. The van der Waals surface area contributed by atoms with Gasteiger partial charge in [-0.05, 0) is 24.6 Å². The van der Waals surface area contributed by atoms with Gasteiger partial charge in [0.05, 0.1) is 12.7 Å². The van der Waals surface area contributed by atoms with Gasteiger partial charge in [0.25, 0.3) is 0 Å². The lowest BCUT2D eigenvalue weighted by atomic mass is 10.1. The van der Waals surface area contributed by atoms with Gasteiger partial charge in [-0.25, -0.2) is 4.98 Å². The van der Waals surface area contributed by atoms with E-state index in [1.807, 2.05) is 25.1 Å². The number of nitrogens with zero attached hydrogens (tertiary/aromatic N) is 1. The third-order valence-electron chi connectivity index (χ3n) is 2.68. The Labute approximate surface area is 112 Å². The average Bonchev–Trinajstić information content (AvgIpc) is 2.78. The van der Waals surface area contributed by atoms with Crippen molar-refractivity contribution in [3.63, 3.8) is 0 Å². The number of nitrogens with one attached hydrogen (secondary N) is 1. The van der Waals surface area contributed by atoms with E-state index in [1.54, 1.807) is 6.20 Å².